The fourth-order valence-corrected chi connectivity index (χ4v) is 1.63. The summed E-state index contributed by atoms with van der Waals surface area (Å²) >= 11 is 0. The number of phenols is 2. The highest BCUT2D eigenvalue weighted by Crippen LogP contribution is 2.25. The van der Waals surface area contributed by atoms with Crippen molar-refractivity contribution in [2.24, 2.45) is 5.73 Å². The third-order valence-electron chi connectivity index (χ3n) is 2.83. The molecular weight excluding hydrogens is 280 g/mol. The van der Waals surface area contributed by atoms with Crippen LogP contribution in [0.2, 0.25) is 0 Å². The third kappa shape index (κ3) is 5.28. The number of aromatic hydroxyl groups is 2. The Balaban J connectivity index is 2.43. The fourth-order valence-electron chi connectivity index (χ4n) is 1.63. The van der Waals surface area contributed by atoms with E-state index in [1.54, 1.807) is 0 Å². The lowest BCUT2D eigenvalue weighted by atomic mass is 10.1. The summed E-state index contributed by atoms with van der Waals surface area (Å²) in [5.74, 6) is -2.42. The van der Waals surface area contributed by atoms with Crippen LogP contribution in [0.3, 0.4) is 0 Å². The second kappa shape index (κ2) is 7.46. The number of aliphatic hydroxyl groups excluding tert-OH is 1. The van der Waals surface area contributed by atoms with E-state index in [9.17, 15) is 14.7 Å². The molecule has 1 aromatic rings. The predicted molar refractivity (Wildman–Crippen MR) is 72.7 cm³/mol. The molecule has 21 heavy (non-hydrogen) atoms. The minimum Gasteiger partial charge on any atom is -0.504 e. The highest BCUT2D eigenvalue weighted by molar-refractivity contribution is 5.81. The Morgan fingerprint density at radius 3 is 2.48 bits per heavy atom. The van der Waals surface area contributed by atoms with E-state index in [4.69, 9.17) is 21.1 Å². The number of hydrogen-bond donors (Lipinski definition) is 6. The molecule has 1 aromatic carbocycles. The topological polar surface area (TPSA) is 153 Å². The number of carbonyl (C=O) groups is 2. The number of nitrogens with two attached hydrogens (primary N) is 1. The van der Waals surface area contributed by atoms with Crippen LogP contribution in [0.1, 0.15) is 12.0 Å². The van der Waals surface area contributed by atoms with E-state index in [1.807, 2.05) is 0 Å². The molecule has 0 radical (unpaired) electrons. The number of carboxylic acids is 1. The zero-order chi connectivity index (χ0) is 16.0. The number of aliphatic carboxylic acids is 1. The van der Waals surface area contributed by atoms with Gasteiger partial charge in [0.15, 0.2) is 17.6 Å². The second-order valence-corrected chi connectivity index (χ2v) is 4.57. The van der Waals surface area contributed by atoms with Gasteiger partial charge in [0.25, 0.3) is 0 Å². The average Bonchev–Trinajstić information content (AvgIpc) is 2.42. The summed E-state index contributed by atoms with van der Waals surface area (Å²) in [5, 5.41) is 38.4. The van der Waals surface area contributed by atoms with Crippen LogP contribution in [-0.2, 0) is 16.0 Å². The number of rotatable bonds is 7. The van der Waals surface area contributed by atoms with Gasteiger partial charge < -0.3 is 31.5 Å². The SMILES string of the molecule is N[C@@H](Cc1ccc(O)c(O)c1)C(=O)NCC[C@H](O)C(=O)O. The van der Waals surface area contributed by atoms with Gasteiger partial charge in [-0.15, -0.1) is 0 Å². The maximum Gasteiger partial charge on any atom is 0.332 e. The zero-order valence-corrected chi connectivity index (χ0v) is 11.2. The molecule has 0 aliphatic heterocycles. The van der Waals surface area contributed by atoms with Crippen molar-refractivity contribution in [3.63, 3.8) is 0 Å². The molecule has 0 fully saturated rings. The molecule has 0 spiro atoms. The standard InChI is InChI=1S/C13H18N2O6/c14-8(5-7-1-2-9(16)11(18)6-7)12(19)15-4-3-10(17)13(20)21/h1-2,6,8,10,16-18H,3-5,14H2,(H,15,19)(H,20,21)/t8-,10-/m0/s1. The quantitative estimate of drug-likeness (QED) is 0.350. The van der Waals surface area contributed by atoms with Crippen LogP contribution >= 0.6 is 0 Å². The Morgan fingerprint density at radius 2 is 1.90 bits per heavy atom. The average molecular weight is 298 g/mol. The minimum atomic E-state index is -1.53. The van der Waals surface area contributed by atoms with Crippen molar-refractivity contribution in [2.45, 2.75) is 25.0 Å². The van der Waals surface area contributed by atoms with Crippen LogP contribution in [0.15, 0.2) is 18.2 Å². The summed E-state index contributed by atoms with van der Waals surface area (Å²) in [6.45, 7) is -0.0131. The number of hydrogen-bond acceptors (Lipinski definition) is 6. The van der Waals surface area contributed by atoms with Gasteiger partial charge >= 0.3 is 5.97 Å². The molecule has 0 unspecified atom stereocenters. The molecule has 8 nitrogen and oxygen atoms in total. The molecule has 0 aliphatic carbocycles. The second-order valence-electron chi connectivity index (χ2n) is 4.57. The number of carbonyl (C=O) groups excluding carboxylic acids is 1. The normalized spacial score (nSPS) is 13.4. The maximum atomic E-state index is 11.7. The molecule has 0 saturated carbocycles. The van der Waals surface area contributed by atoms with Crippen molar-refractivity contribution in [1.29, 1.82) is 0 Å². The first-order valence-corrected chi connectivity index (χ1v) is 6.26. The Hall–Kier alpha value is -2.32. The Morgan fingerprint density at radius 1 is 1.24 bits per heavy atom. The molecule has 0 saturated heterocycles. The number of benzene rings is 1. The van der Waals surface area contributed by atoms with Crippen molar-refractivity contribution in [3.05, 3.63) is 23.8 Å². The predicted octanol–water partition coefficient (Wildman–Crippen LogP) is -1.08. The third-order valence-corrected chi connectivity index (χ3v) is 2.83. The molecule has 2 atom stereocenters. The zero-order valence-electron chi connectivity index (χ0n) is 11.2. The molecule has 1 amide bonds. The van der Waals surface area contributed by atoms with Crippen molar-refractivity contribution in [1.82, 2.24) is 5.32 Å². The first kappa shape index (κ1) is 16.7. The van der Waals surface area contributed by atoms with Gasteiger partial charge in [0.2, 0.25) is 5.91 Å². The highest BCUT2D eigenvalue weighted by atomic mass is 16.4. The van der Waals surface area contributed by atoms with Gasteiger partial charge in [-0.25, -0.2) is 4.79 Å². The number of nitrogens with one attached hydrogen (secondary N) is 1. The molecule has 0 heterocycles. The first-order valence-electron chi connectivity index (χ1n) is 6.26. The lowest BCUT2D eigenvalue weighted by molar-refractivity contribution is -0.147. The van der Waals surface area contributed by atoms with E-state index in [0.29, 0.717) is 5.56 Å². The van der Waals surface area contributed by atoms with Crippen LogP contribution in [0.5, 0.6) is 11.5 Å². The summed E-state index contributed by atoms with van der Waals surface area (Å²) in [5.41, 5.74) is 6.25. The largest absolute Gasteiger partial charge is 0.504 e. The van der Waals surface area contributed by atoms with Gasteiger partial charge in [0.05, 0.1) is 6.04 Å². The van der Waals surface area contributed by atoms with Crippen LogP contribution in [-0.4, -0.2) is 51.0 Å². The monoisotopic (exact) mass is 298 g/mol. The van der Waals surface area contributed by atoms with Crippen LogP contribution in [0.4, 0.5) is 0 Å². The van der Waals surface area contributed by atoms with E-state index < -0.39 is 24.0 Å². The number of carboxylic acid groups (broad SMARTS) is 1. The molecule has 7 N–H and O–H groups in total. The van der Waals surface area contributed by atoms with E-state index in [-0.39, 0.29) is 30.9 Å². The van der Waals surface area contributed by atoms with E-state index in [0.717, 1.165) is 0 Å². The molecule has 0 aliphatic rings. The number of aliphatic hydroxyl groups is 1. The Kier molecular flexibility index (Phi) is 5.94. The molecule has 0 bridgehead atoms. The smallest absolute Gasteiger partial charge is 0.332 e. The molecule has 0 aromatic heterocycles. The first-order chi connectivity index (χ1) is 9.81. The van der Waals surface area contributed by atoms with Gasteiger partial charge in [-0.1, -0.05) is 6.07 Å². The molecular formula is C13H18N2O6. The van der Waals surface area contributed by atoms with Gasteiger partial charge in [-0.2, -0.15) is 0 Å². The lowest BCUT2D eigenvalue weighted by Gasteiger charge is -2.13. The minimum absolute atomic E-state index is 0.0131. The fraction of sp³-hybridized carbons (Fsp3) is 0.385. The molecule has 1 rings (SSSR count). The Bertz CT molecular complexity index is 519. The van der Waals surface area contributed by atoms with Gasteiger partial charge in [0, 0.05) is 13.0 Å². The van der Waals surface area contributed by atoms with Gasteiger partial charge in [-0.05, 0) is 24.1 Å². The Labute approximate surface area is 120 Å². The summed E-state index contributed by atoms with van der Waals surface area (Å²) in [4.78, 5) is 22.1. The summed E-state index contributed by atoms with van der Waals surface area (Å²) in [7, 11) is 0. The molecule has 8 heteroatoms. The lowest BCUT2D eigenvalue weighted by Crippen LogP contribution is -2.43. The summed E-state index contributed by atoms with van der Waals surface area (Å²) < 4.78 is 0. The van der Waals surface area contributed by atoms with Crippen molar-refractivity contribution < 1.29 is 30.0 Å². The van der Waals surface area contributed by atoms with Crippen LogP contribution in [0, 0.1) is 0 Å². The van der Waals surface area contributed by atoms with E-state index >= 15 is 0 Å². The summed E-state index contributed by atoms with van der Waals surface area (Å²) in [6, 6.07) is 3.22. The number of amides is 1. The summed E-state index contributed by atoms with van der Waals surface area (Å²) in [6.07, 6.45) is -1.51. The molecule has 116 valence electrons. The van der Waals surface area contributed by atoms with Crippen molar-refractivity contribution in [2.75, 3.05) is 6.54 Å². The van der Waals surface area contributed by atoms with Crippen molar-refractivity contribution >= 4 is 11.9 Å². The number of phenolic OH excluding ortho intramolecular Hbond substituents is 2. The van der Waals surface area contributed by atoms with E-state index in [1.165, 1.54) is 18.2 Å². The maximum absolute atomic E-state index is 11.7. The van der Waals surface area contributed by atoms with Gasteiger partial charge in [0.1, 0.15) is 0 Å². The van der Waals surface area contributed by atoms with Crippen LogP contribution < -0.4 is 11.1 Å². The van der Waals surface area contributed by atoms with Crippen LogP contribution in [0.25, 0.3) is 0 Å². The van der Waals surface area contributed by atoms with Crippen molar-refractivity contribution in [3.8, 4) is 11.5 Å². The highest BCUT2D eigenvalue weighted by Gasteiger charge is 2.17. The van der Waals surface area contributed by atoms with E-state index in [2.05, 4.69) is 5.32 Å². The van der Waals surface area contributed by atoms with Gasteiger partial charge in [-0.3, -0.25) is 4.79 Å².